The number of hydrogen-bond acceptors (Lipinski definition) is 6. The van der Waals surface area contributed by atoms with Gasteiger partial charge in [-0.3, -0.25) is 9.59 Å². The Morgan fingerprint density at radius 1 is 0.972 bits per heavy atom. The van der Waals surface area contributed by atoms with Crippen LogP contribution in [0.15, 0.2) is 11.6 Å². The minimum absolute atomic E-state index is 0.00720. The molecule has 6 nitrogen and oxygen atoms in total. The van der Waals surface area contributed by atoms with E-state index < -0.39 is 0 Å². The summed E-state index contributed by atoms with van der Waals surface area (Å²) in [4.78, 5) is 27.1. The van der Waals surface area contributed by atoms with E-state index >= 15 is 0 Å². The van der Waals surface area contributed by atoms with Crippen molar-refractivity contribution in [2.75, 3.05) is 33.0 Å². The summed E-state index contributed by atoms with van der Waals surface area (Å²) in [6, 6.07) is 0. The molecule has 8 rings (SSSR count). The number of ether oxygens (including phenoxy) is 4. The Morgan fingerprint density at radius 2 is 1.69 bits per heavy atom. The molecule has 6 heteroatoms. The van der Waals surface area contributed by atoms with Crippen LogP contribution in [0.25, 0.3) is 0 Å². The third-order valence-electron chi connectivity index (χ3n) is 12.4. The maximum atomic E-state index is 13.6. The van der Waals surface area contributed by atoms with E-state index in [1.54, 1.807) is 0 Å². The van der Waals surface area contributed by atoms with Crippen LogP contribution in [-0.4, -0.2) is 57.0 Å². The number of carbonyl (C=O) groups is 2. The van der Waals surface area contributed by atoms with Crippen molar-refractivity contribution in [1.29, 1.82) is 0 Å². The molecule has 2 bridgehead atoms. The maximum absolute atomic E-state index is 13.6. The molecule has 4 saturated carbocycles. The van der Waals surface area contributed by atoms with E-state index in [9.17, 15) is 9.59 Å². The number of Topliss-reactive ketones (excluding diaryl/α,β-unsaturated/α-hetero) is 1. The van der Waals surface area contributed by atoms with E-state index in [0.29, 0.717) is 31.7 Å². The first-order valence-electron chi connectivity index (χ1n) is 14.3. The van der Waals surface area contributed by atoms with E-state index in [2.05, 4.69) is 33.8 Å². The van der Waals surface area contributed by atoms with Gasteiger partial charge in [-0.05, 0) is 66.6 Å². The van der Waals surface area contributed by atoms with Gasteiger partial charge in [0.2, 0.25) is 0 Å². The highest BCUT2D eigenvalue weighted by Gasteiger charge is 2.81. The first-order valence-corrected chi connectivity index (χ1v) is 14.3. The minimum Gasteiger partial charge on any atom is -0.463 e. The van der Waals surface area contributed by atoms with Crippen molar-refractivity contribution in [3.05, 3.63) is 11.6 Å². The largest absolute Gasteiger partial charge is 0.463 e. The molecule has 8 aliphatic rings. The zero-order valence-corrected chi connectivity index (χ0v) is 22.4. The van der Waals surface area contributed by atoms with Crippen LogP contribution in [-0.2, 0) is 28.5 Å². The summed E-state index contributed by atoms with van der Waals surface area (Å²) >= 11 is 0. The van der Waals surface area contributed by atoms with Gasteiger partial charge in [0, 0.05) is 10.8 Å². The number of carbonyl (C=O) groups excluding carboxylic acids is 2. The van der Waals surface area contributed by atoms with Crippen molar-refractivity contribution in [3.63, 3.8) is 0 Å². The Hall–Kier alpha value is -1.24. The average molecular weight is 499 g/mol. The quantitative estimate of drug-likeness (QED) is 0.279. The lowest BCUT2D eigenvalue weighted by molar-refractivity contribution is -0.185. The molecule has 198 valence electrons. The van der Waals surface area contributed by atoms with Gasteiger partial charge in [0.1, 0.15) is 25.4 Å². The Bertz CT molecular complexity index is 1020. The Balaban J connectivity index is 1.16. The van der Waals surface area contributed by atoms with E-state index in [1.807, 2.05) is 0 Å². The van der Waals surface area contributed by atoms with Crippen LogP contribution in [0, 0.1) is 44.8 Å². The fourth-order valence-corrected chi connectivity index (χ4v) is 10.2. The summed E-state index contributed by atoms with van der Waals surface area (Å²) in [7, 11) is 0. The highest BCUT2D eigenvalue weighted by atomic mass is 16.6. The second-order valence-electron chi connectivity index (χ2n) is 14.2. The van der Waals surface area contributed by atoms with Crippen molar-refractivity contribution >= 4 is 11.8 Å². The van der Waals surface area contributed by atoms with Gasteiger partial charge in [0.15, 0.2) is 5.78 Å². The average Bonchev–Trinajstić information content (AvgIpc) is 3.75. The lowest BCUT2D eigenvalue weighted by atomic mass is 9.37. The highest BCUT2D eigenvalue weighted by molar-refractivity contribution is 5.86. The van der Waals surface area contributed by atoms with Crippen molar-refractivity contribution < 1.29 is 28.5 Å². The molecule has 36 heavy (non-hydrogen) atoms. The fraction of sp³-hybridized carbons (Fsp3) is 0.867. The van der Waals surface area contributed by atoms with Gasteiger partial charge in [-0.1, -0.05) is 45.8 Å². The standard InChI is InChI=1S/C30H42O6/c1-26(2)22-11-29-9-6-21-27(3,7-5-8-28(21,4)24(31)17-33-13-18-14-34-18)23(29)12-30(22,26)20(10-29)25(32)36-16-19-15-35-19/h11,18-21,23H,5-10,12-17H2,1-4H3. The molecule has 9 atom stereocenters. The predicted octanol–water partition coefficient (Wildman–Crippen LogP) is 4.50. The second kappa shape index (κ2) is 7.45. The molecule has 0 aromatic heterocycles. The zero-order chi connectivity index (χ0) is 25.1. The van der Waals surface area contributed by atoms with Gasteiger partial charge in [0.25, 0.3) is 0 Å². The highest BCUT2D eigenvalue weighted by Crippen LogP contribution is 2.86. The van der Waals surface area contributed by atoms with E-state index in [4.69, 9.17) is 18.9 Å². The van der Waals surface area contributed by atoms with Crippen LogP contribution in [0.2, 0.25) is 0 Å². The van der Waals surface area contributed by atoms with Gasteiger partial charge in [-0.25, -0.2) is 0 Å². The molecule has 0 radical (unpaired) electrons. The number of ketones is 1. The maximum Gasteiger partial charge on any atom is 0.309 e. The predicted molar refractivity (Wildman–Crippen MR) is 132 cm³/mol. The number of rotatable bonds is 8. The molecule has 2 spiro atoms. The summed E-state index contributed by atoms with van der Waals surface area (Å²) in [6.07, 6.45) is 10.3. The molecule has 2 heterocycles. The Kier molecular flexibility index (Phi) is 4.93. The first-order chi connectivity index (χ1) is 17.1. The lowest BCUT2D eigenvalue weighted by Gasteiger charge is -2.67. The minimum atomic E-state index is -0.332. The van der Waals surface area contributed by atoms with Crippen LogP contribution < -0.4 is 0 Å². The van der Waals surface area contributed by atoms with Crippen LogP contribution in [0.5, 0.6) is 0 Å². The third-order valence-corrected chi connectivity index (χ3v) is 12.4. The number of allylic oxidation sites excluding steroid dienone is 2. The van der Waals surface area contributed by atoms with Crippen molar-refractivity contribution in [3.8, 4) is 0 Å². The van der Waals surface area contributed by atoms with Crippen molar-refractivity contribution in [2.24, 2.45) is 44.8 Å². The summed E-state index contributed by atoms with van der Waals surface area (Å²) in [6.45, 7) is 12.0. The summed E-state index contributed by atoms with van der Waals surface area (Å²) in [5.41, 5.74) is 1.31. The van der Waals surface area contributed by atoms with Crippen LogP contribution in [0.1, 0.15) is 72.6 Å². The number of hydrogen-bond donors (Lipinski definition) is 0. The van der Waals surface area contributed by atoms with Gasteiger partial charge < -0.3 is 18.9 Å². The normalized spacial score (nSPS) is 50.8. The van der Waals surface area contributed by atoms with Crippen LogP contribution >= 0.6 is 0 Å². The summed E-state index contributed by atoms with van der Waals surface area (Å²) < 4.78 is 22.2. The summed E-state index contributed by atoms with van der Waals surface area (Å²) in [5.74, 6) is 1.11. The topological polar surface area (TPSA) is 77.7 Å². The van der Waals surface area contributed by atoms with Gasteiger partial charge in [0.05, 0.1) is 25.7 Å². The van der Waals surface area contributed by atoms with Crippen LogP contribution in [0.3, 0.4) is 0 Å². The first kappa shape index (κ1) is 23.8. The number of fused-ring (bicyclic) bond motifs is 2. The molecule has 2 saturated heterocycles. The molecule has 0 N–H and O–H groups in total. The van der Waals surface area contributed by atoms with Gasteiger partial charge in [-0.2, -0.15) is 0 Å². The summed E-state index contributed by atoms with van der Waals surface area (Å²) in [5, 5.41) is 0. The molecular formula is C30H42O6. The number of epoxide rings is 2. The van der Waals surface area contributed by atoms with E-state index in [0.717, 1.165) is 45.1 Å². The van der Waals surface area contributed by atoms with Gasteiger partial charge >= 0.3 is 5.97 Å². The fourth-order valence-electron chi connectivity index (χ4n) is 10.2. The lowest BCUT2D eigenvalue weighted by Crippen LogP contribution is -2.62. The van der Waals surface area contributed by atoms with Crippen molar-refractivity contribution in [1.82, 2.24) is 0 Å². The molecule has 2 aliphatic heterocycles. The molecular weight excluding hydrogens is 456 g/mol. The molecule has 6 fully saturated rings. The molecule has 0 aromatic rings. The molecule has 9 unspecified atom stereocenters. The monoisotopic (exact) mass is 498 g/mol. The number of esters is 1. The van der Waals surface area contributed by atoms with Crippen molar-refractivity contribution in [2.45, 2.75) is 84.8 Å². The Labute approximate surface area is 214 Å². The van der Waals surface area contributed by atoms with E-state index in [1.165, 1.54) is 12.0 Å². The SMILES string of the molecule is CC1(C(=O)COCC2CO2)CCCC2(C)C3CC45C(=CC3(CCC12)CC4C(=O)OCC1CO1)C5(C)C. The smallest absolute Gasteiger partial charge is 0.309 e. The van der Waals surface area contributed by atoms with Gasteiger partial charge in [-0.15, -0.1) is 0 Å². The van der Waals surface area contributed by atoms with Crippen LogP contribution in [0.4, 0.5) is 0 Å². The second-order valence-corrected chi connectivity index (χ2v) is 14.2. The molecule has 0 aromatic carbocycles. The molecule has 0 amide bonds. The van der Waals surface area contributed by atoms with E-state index in [-0.39, 0.29) is 63.6 Å². The Morgan fingerprint density at radius 3 is 2.42 bits per heavy atom. The third kappa shape index (κ3) is 3.07. The molecule has 6 aliphatic carbocycles. The zero-order valence-electron chi connectivity index (χ0n) is 22.4.